The summed E-state index contributed by atoms with van der Waals surface area (Å²) in [6.07, 6.45) is 2.53. The van der Waals surface area contributed by atoms with Crippen molar-refractivity contribution in [2.75, 3.05) is 0 Å². The molecule has 1 unspecified atom stereocenters. The van der Waals surface area contributed by atoms with Crippen molar-refractivity contribution in [3.8, 4) is 0 Å². The fourth-order valence-electron chi connectivity index (χ4n) is 1.97. The molecule has 96 valence electrons. The van der Waals surface area contributed by atoms with Crippen molar-refractivity contribution in [3.63, 3.8) is 0 Å². The molecule has 2 rings (SSSR count). The second-order valence-electron chi connectivity index (χ2n) is 4.30. The number of hydrogen-bond donors (Lipinski definition) is 1. The first-order valence-electron chi connectivity index (χ1n) is 6.00. The maximum atomic E-state index is 6.19. The Hall–Kier alpha value is -1.20. The van der Waals surface area contributed by atoms with E-state index in [1.54, 1.807) is 6.20 Å². The highest BCUT2D eigenvalue weighted by Crippen LogP contribution is 2.17. The molecule has 0 fully saturated rings. The Morgan fingerprint density at radius 3 is 2.83 bits per heavy atom. The minimum Gasteiger partial charge on any atom is -0.322 e. The van der Waals surface area contributed by atoms with E-state index in [2.05, 4.69) is 39.0 Å². The fraction of sp³-hybridized carbons (Fsp3) is 0.385. The van der Waals surface area contributed by atoms with Crippen LogP contribution in [0.2, 0.25) is 0 Å². The lowest BCUT2D eigenvalue weighted by molar-refractivity contribution is 0.582. The molecule has 1 atom stereocenters. The highest BCUT2D eigenvalue weighted by molar-refractivity contribution is 9.10. The van der Waals surface area contributed by atoms with Crippen LogP contribution in [0.15, 0.2) is 28.9 Å². The summed E-state index contributed by atoms with van der Waals surface area (Å²) in [5.41, 5.74) is 9.28. The molecular formula is C13H17BrN4. The lowest BCUT2D eigenvalue weighted by Crippen LogP contribution is -2.17. The van der Waals surface area contributed by atoms with Crippen LogP contribution in [0, 0.1) is 6.92 Å². The smallest absolute Gasteiger partial charge is 0.0596 e. The number of aromatic nitrogens is 3. The van der Waals surface area contributed by atoms with Gasteiger partial charge in [-0.3, -0.25) is 9.67 Å². The van der Waals surface area contributed by atoms with Gasteiger partial charge < -0.3 is 5.73 Å². The molecule has 0 bridgehead atoms. The Balaban J connectivity index is 2.15. The maximum Gasteiger partial charge on any atom is 0.0596 e. The van der Waals surface area contributed by atoms with Crippen molar-refractivity contribution in [2.24, 2.45) is 5.73 Å². The monoisotopic (exact) mass is 308 g/mol. The third-order valence-corrected chi connectivity index (χ3v) is 3.31. The molecule has 0 aromatic carbocycles. The van der Waals surface area contributed by atoms with E-state index < -0.39 is 0 Å². The van der Waals surface area contributed by atoms with Crippen LogP contribution in [0.25, 0.3) is 0 Å². The van der Waals surface area contributed by atoms with Gasteiger partial charge in [0.1, 0.15) is 0 Å². The molecule has 18 heavy (non-hydrogen) atoms. The molecule has 2 heterocycles. The molecule has 0 spiro atoms. The van der Waals surface area contributed by atoms with E-state index in [1.807, 2.05) is 23.7 Å². The van der Waals surface area contributed by atoms with E-state index >= 15 is 0 Å². The third-order valence-electron chi connectivity index (χ3n) is 2.84. The lowest BCUT2D eigenvalue weighted by Gasteiger charge is -2.12. The zero-order valence-electron chi connectivity index (χ0n) is 10.6. The molecule has 0 saturated carbocycles. The molecule has 2 aromatic heterocycles. The van der Waals surface area contributed by atoms with Gasteiger partial charge in [-0.05, 0) is 48.0 Å². The summed E-state index contributed by atoms with van der Waals surface area (Å²) in [5, 5.41) is 4.42. The van der Waals surface area contributed by atoms with E-state index in [1.165, 1.54) is 0 Å². The Bertz CT molecular complexity index is 518. The number of nitrogens with zero attached hydrogens (tertiary/aromatic N) is 3. The van der Waals surface area contributed by atoms with Crippen molar-refractivity contribution in [2.45, 2.75) is 32.9 Å². The van der Waals surface area contributed by atoms with Crippen LogP contribution in [0.4, 0.5) is 0 Å². The summed E-state index contributed by atoms with van der Waals surface area (Å²) >= 11 is 3.37. The van der Waals surface area contributed by atoms with Gasteiger partial charge in [-0.15, -0.1) is 0 Å². The molecule has 4 nitrogen and oxygen atoms in total. The Kier molecular flexibility index (Phi) is 4.14. The normalized spacial score (nSPS) is 12.7. The summed E-state index contributed by atoms with van der Waals surface area (Å²) in [7, 11) is 0. The summed E-state index contributed by atoms with van der Waals surface area (Å²) < 4.78 is 2.96. The zero-order valence-corrected chi connectivity index (χ0v) is 12.2. The van der Waals surface area contributed by atoms with Gasteiger partial charge in [0, 0.05) is 29.3 Å². The summed E-state index contributed by atoms with van der Waals surface area (Å²) in [6, 6.07) is 5.90. The first kappa shape index (κ1) is 13.2. The van der Waals surface area contributed by atoms with Gasteiger partial charge in [-0.1, -0.05) is 0 Å². The van der Waals surface area contributed by atoms with Gasteiger partial charge in [0.25, 0.3) is 0 Å². The number of nitrogens with two attached hydrogens (primary N) is 1. The second kappa shape index (κ2) is 5.63. The van der Waals surface area contributed by atoms with Crippen LogP contribution < -0.4 is 5.73 Å². The quantitative estimate of drug-likeness (QED) is 0.944. The minimum absolute atomic E-state index is 0.0977. The molecule has 0 radical (unpaired) electrons. The first-order valence-corrected chi connectivity index (χ1v) is 6.79. The number of halogens is 1. The third kappa shape index (κ3) is 2.97. The molecule has 0 aliphatic carbocycles. The van der Waals surface area contributed by atoms with Gasteiger partial charge in [-0.2, -0.15) is 5.10 Å². The standard InChI is InChI=1S/C13H17BrN4/c1-3-18-11(6-9(2)17-18)7-12(15)13-5-4-10(14)8-16-13/h4-6,8,12H,3,7,15H2,1-2H3. The van der Waals surface area contributed by atoms with Gasteiger partial charge in [0.05, 0.1) is 17.4 Å². The Labute approximate surface area is 115 Å². The van der Waals surface area contributed by atoms with Gasteiger partial charge in [0.2, 0.25) is 0 Å². The molecule has 0 saturated heterocycles. The number of hydrogen-bond acceptors (Lipinski definition) is 3. The average molecular weight is 309 g/mol. The molecule has 2 N–H and O–H groups in total. The fourth-order valence-corrected chi connectivity index (χ4v) is 2.21. The number of rotatable bonds is 4. The van der Waals surface area contributed by atoms with Crippen LogP contribution in [-0.4, -0.2) is 14.8 Å². The first-order chi connectivity index (χ1) is 8.60. The van der Waals surface area contributed by atoms with Crippen LogP contribution >= 0.6 is 15.9 Å². The topological polar surface area (TPSA) is 56.7 Å². The van der Waals surface area contributed by atoms with E-state index in [0.717, 1.165) is 34.5 Å². The van der Waals surface area contributed by atoms with Crippen molar-refractivity contribution in [3.05, 3.63) is 46.0 Å². The van der Waals surface area contributed by atoms with Crippen LogP contribution in [0.3, 0.4) is 0 Å². The molecular weight excluding hydrogens is 292 g/mol. The SMILES string of the molecule is CCn1nc(C)cc1CC(N)c1ccc(Br)cn1. The Morgan fingerprint density at radius 1 is 1.44 bits per heavy atom. The molecule has 0 aliphatic rings. The van der Waals surface area contributed by atoms with Crippen molar-refractivity contribution < 1.29 is 0 Å². The maximum absolute atomic E-state index is 6.19. The van der Waals surface area contributed by atoms with Crippen molar-refractivity contribution in [1.82, 2.24) is 14.8 Å². The molecule has 2 aromatic rings. The summed E-state index contributed by atoms with van der Waals surface area (Å²) in [5.74, 6) is 0. The lowest BCUT2D eigenvalue weighted by atomic mass is 10.1. The largest absolute Gasteiger partial charge is 0.322 e. The zero-order chi connectivity index (χ0) is 13.1. The minimum atomic E-state index is -0.0977. The van der Waals surface area contributed by atoms with E-state index in [-0.39, 0.29) is 6.04 Å². The molecule has 0 aliphatic heterocycles. The van der Waals surface area contributed by atoms with E-state index in [0.29, 0.717) is 0 Å². The van der Waals surface area contributed by atoms with Gasteiger partial charge in [0.15, 0.2) is 0 Å². The summed E-state index contributed by atoms with van der Waals surface area (Å²) in [4.78, 5) is 4.34. The average Bonchev–Trinajstić information content (AvgIpc) is 2.70. The number of aryl methyl sites for hydroxylation is 2. The predicted octanol–water partition coefficient (Wildman–Crippen LogP) is 2.61. The number of pyridine rings is 1. The van der Waals surface area contributed by atoms with Crippen molar-refractivity contribution in [1.29, 1.82) is 0 Å². The van der Waals surface area contributed by atoms with Crippen molar-refractivity contribution >= 4 is 15.9 Å². The molecule has 5 heteroatoms. The van der Waals surface area contributed by atoms with Crippen LogP contribution in [0.5, 0.6) is 0 Å². The van der Waals surface area contributed by atoms with E-state index in [4.69, 9.17) is 5.73 Å². The highest BCUT2D eigenvalue weighted by atomic mass is 79.9. The van der Waals surface area contributed by atoms with Gasteiger partial charge in [-0.25, -0.2) is 0 Å². The van der Waals surface area contributed by atoms with Crippen LogP contribution in [0.1, 0.15) is 30.0 Å². The van der Waals surface area contributed by atoms with Crippen LogP contribution in [-0.2, 0) is 13.0 Å². The van der Waals surface area contributed by atoms with Gasteiger partial charge >= 0.3 is 0 Å². The Morgan fingerprint density at radius 2 is 2.22 bits per heavy atom. The predicted molar refractivity (Wildman–Crippen MR) is 75.2 cm³/mol. The highest BCUT2D eigenvalue weighted by Gasteiger charge is 2.12. The summed E-state index contributed by atoms with van der Waals surface area (Å²) in [6.45, 7) is 4.95. The van der Waals surface area contributed by atoms with E-state index in [9.17, 15) is 0 Å². The molecule has 0 amide bonds. The second-order valence-corrected chi connectivity index (χ2v) is 5.22.